The number of hydrogen-bond donors (Lipinski definition) is 3. The van der Waals surface area contributed by atoms with Gasteiger partial charge in [-0.1, -0.05) is 43.5 Å². The van der Waals surface area contributed by atoms with Crippen LogP contribution in [0, 0.1) is 11.8 Å². The Hall–Kier alpha value is -2.50. The summed E-state index contributed by atoms with van der Waals surface area (Å²) in [5.74, 6) is -1.32. The van der Waals surface area contributed by atoms with Crippen molar-refractivity contribution in [2.45, 2.75) is 88.5 Å². The number of aryl methyl sites for hydroxylation is 1. The van der Waals surface area contributed by atoms with Crippen LogP contribution in [0.1, 0.15) is 69.0 Å². The number of nitrogens with one attached hydrogen (secondary N) is 3. The molecule has 220 valence electrons. The van der Waals surface area contributed by atoms with E-state index in [2.05, 4.69) is 22.0 Å². The van der Waals surface area contributed by atoms with Crippen molar-refractivity contribution < 1.29 is 22.8 Å². The molecule has 2 saturated heterocycles. The zero-order valence-corrected chi connectivity index (χ0v) is 24.6. The molecule has 3 N–H and O–H groups in total. The second-order valence-electron chi connectivity index (χ2n) is 12.0. The third kappa shape index (κ3) is 5.65. The highest BCUT2D eigenvalue weighted by molar-refractivity contribution is 7.88. The summed E-state index contributed by atoms with van der Waals surface area (Å²) < 4.78 is 27.0. The first-order valence-electron chi connectivity index (χ1n) is 14.7. The van der Waals surface area contributed by atoms with Gasteiger partial charge in [0.2, 0.25) is 27.7 Å². The van der Waals surface area contributed by atoms with E-state index in [4.69, 9.17) is 0 Å². The Morgan fingerprint density at radius 2 is 1.75 bits per heavy atom. The summed E-state index contributed by atoms with van der Waals surface area (Å²) in [6.45, 7) is 2.17. The van der Waals surface area contributed by atoms with Crippen molar-refractivity contribution in [3.05, 3.63) is 35.4 Å². The number of likely N-dealkylation sites (tertiary alicyclic amines) is 1. The van der Waals surface area contributed by atoms with E-state index in [1.807, 2.05) is 18.2 Å². The molecule has 0 spiro atoms. The number of hydrogen-bond acceptors (Lipinski definition) is 6. The molecule has 6 atom stereocenters. The van der Waals surface area contributed by atoms with E-state index < -0.39 is 40.1 Å². The zero-order chi connectivity index (χ0) is 28.6. The van der Waals surface area contributed by atoms with Gasteiger partial charge in [-0.15, -0.1) is 0 Å². The van der Waals surface area contributed by atoms with Crippen LogP contribution in [0.5, 0.6) is 0 Å². The smallest absolute Gasteiger partial charge is 0.245 e. The molecular formula is C29H43N5O5S. The highest BCUT2D eigenvalue weighted by Gasteiger charge is 2.56. The van der Waals surface area contributed by atoms with Crippen LogP contribution in [-0.4, -0.2) is 85.9 Å². The van der Waals surface area contributed by atoms with Gasteiger partial charge in [0, 0.05) is 19.1 Å². The molecule has 0 radical (unpaired) electrons. The average molecular weight is 574 g/mol. The lowest BCUT2D eigenvalue weighted by Crippen LogP contribution is -2.58. The molecular weight excluding hydrogens is 530 g/mol. The minimum Gasteiger partial charge on any atom is -0.349 e. The van der Waals surface area contributed by atoms with Gasteiger partial charge in [-0.3, -0.25) is 14.4 Å². The minimum absolute atomic E-state index is 0.0167. The summed E-state index contributed by atoms with van der Waals surface area (Å²) in [6.07, 6.45) is 8.16. The first-order chi connectivity index (χ1) is 19.1. The number of carbonyl (C=O) groups is 3. The maximum Gasteiger partial charge on any atom is 0.245 e. The molecule has 2 aliphatic heterocycles. The highest BCUT2D eigenvalue weighted by atomic mass is 32.2. The number of benzene rings is 1. The number of amides is 3. The molecule has 4 aliphatic rings. The fourth-order valence-corrected chi connectivity index (χ4v) is 8.49. The standard InChI is InChI=1S/C29H43N5O5S/c1-18(30-2)27(35)32-25(20-10-5-4-6-11-20)29(37)33-16-15-24-26(33)22(17-34(24)40(3,38)39)28(36)31-23-14-13-19-9-7-8-12-21(19)23/h7-9,12,18,20,22-26,30H,4-6,10-11,13-17H2,1-3H3,(H,31,36)(H,32,35)/t18-,22-,23-,24+,25?,26+/m0/s1. The second kappa shape index (κ2) is 11.8. The fourth-order valence-electron chi connectivity index (χ4n) is 7.33. The van der Waals surface area contributed by atoms with Crippen molar-refractivity contribution in [3.63, 3.8) is 0 Å². The van der Waals surface area contributed by atoms with Crippen LogP contribution in [0.3, 0.4) is 0 Å². The van der Waals surface area contributed by atoms with Gasteiger partial charge in [0.1, 0.15) is 6.04 Å². The summed E-state index contributed by atoms with van der Waals surface area (Å²) >= 11 is 0. The third-order valence-corrected chi connectivity index (χ3v) is 10.9. The van der Waals surface area contributed by atoms with Gasteiger partial charge in [0.05, 0.1) is 30.3 Å². The van der Waals surface area contributed by atoms with Crippen molar-refractivity contribution in [2.24, 2.45) is 11.8 Å². The fraction of sp³-hybridized carbons (Fsp3) is 0.690. The Balaban J connectivity index is 1.41. The molecule has 40 heavy (non-hydrogen) atoms. The topological polar surface area (TPSA) is 128 Å². The van der Waals surface area contributed by atoms with Crippen molar-refractivity contribution in [1.82, 2.24) is 25.2 Å². The Bertz CT molecular complexity index is 1230. The molecule has 10 nitrogen and oxygen atoms in total. The van der Waals surface area contributed by atoms with E-state index in [1.54, 1.807) is 18.9 Å². The highest BCUT2D eigenvalue weighted by Crippen LogP contribution is 2.40. The van der Waals surface area contributed by atoms with Crippen LogP contribution < -0.4 is 16.0 Å². The van der Waals surface area contributed by atoms with E-state index in [9.17, 15) is 22.8 Å². The van der Waals surface area contributed by atoms with E-state index in [0.29, 0.717) is 13.0 Å². The quantitative estimate of drug-likeness (QED) is 0.431. The molecule has 3 fully saturated rings. The van der Waals surface area contributed by atoms with E-state index in [-0.39, 0.29) is 36.2 Å². The van der Waals surface area contributed by atoms with Crippen molar-refractivity contribution in [2.75, 3.05) is 26.4 Å². The lowest BCUT2D eigenvalue weighted by molar-refractivity contribution is -0.141. The number of fused-ring (bicyclic) bond motifs is 2. The Labute approximate surface area is 237 Å². The van der Waals surface area contributed by atoms with Crippen molar-refractivity contribution >= 4 is 27.7 Å². The first-order valence-corrected chi connectivity index (χ1v) is 16.6. The molecule has 1 aromatic rings. The normalized spacial score (nSPS) is 28.5. The van der Waals surface area contributed by atoms with E-state index in [1.165, 1.54) is 16.1 Å². The summed E-state index contributed by atoms with van der Waals surface area (Å²) in [5.41, 5.74) is 2.32. The predicted molar refractivity (Wildman–Crippen MR) is 152 cm³/mol. The molecule has 1 aromatic carbocycles. The van der Waals surface area contributed by atoms with Crippen LogP contribution in [0.4, 0.5) is 0 Å². The molecule has 2 heterocycles. The maximum atomic E-state index is 14.3. The summed E-state index contributed by atoms with van der Waals surface area (Å²) in [6, 6.07) is 5.77. The van der Waals surface area contributed by atoms with Gasteiger partial charge >= 0.3 is 0 Å². The lowest BCUT2D eigenvalue weighted by atomic mass is 9.83. The van der Waals surface area contributed by atoms with E-state index >= 15 is 0 Å². The SMILES string of the molecule is CN[C@@H](C)C(=O)NC(C(=O)N1CC[C@@H]2[C@H]1[C@@H](C(=O)N[C@H]1CCc3ccccc31)CN2S(C)(=O)=O)C1CCCCC1. The number of carbonyl (C=O) groups excluding carboxylic acids is 3. The second-order valence-corrected chi connectivity index (χ2v) is 13.9. The van der Waals surface area contributed by atoms with Crippen LogP contribution >= 0.6 is 0 Å². The minimum atomic E-state index is -3.59. The maximum absolute atomic E-state index is 14.3. The van der Waals surface area contributed by atoms with Crippen LogP contribution in [0.25, 0.3) is 0 Å². The monoisotopic (exact) mass is 573 g/mol. The van der Waals surface area contributed by atoms with E-state index in [0.717, 1.165) is 50.5 Å². The molecule has 0 aromatic heterocycles. The van der Waals surface area contributed by atoms with Gasteiger partial charge in [-0.2, -0.15) is 4.31 Å². The van der Waals surface area contributed by atoms with Gasteiger partial charge < -0.3 is 20.9 Å². The molecule has 11 heteroatoms. The molecule has 3 amide bonds. The average Bonchev–Trinajstić information content (AvgIpc) is 3.65. The molecule has 2 aliphatic carbocycles. The van der Waals surface area contributed by atoms with Crippen LogP contribution in [0.15, 0.2) is 24.3 Å². The zero-order valence-electron chi connectivity index (χ0n) is 23.8. The molecule has 0 bridgehead atoms. The number of nitrogens with zero attached hydrogens (tertiary/aromatic N) is 2. The Kier molecular flexibility index (Phi) is 8.54. The number of rotatable bonds is 8. The summed E-state index contributed by atoms with van der Waals surface area (Å²) in [4.78, 5) is 42.7. The molecule has 5 rings (SSSR count). The predicted octanol–water partition coefficient (Wildman–Crippen LogP) is 1.32. The van der Waals surface area contributed by atoms with Gasteiger partial charge in [-0.05, 0) is 63.1 Å². The van der Waals surface area contributed by atoms with Crippen molar-refractivity contribution in [3.8, 4) is 0 Å². The number of likely N-dealkylation sites (N-methyl/N-ethyl adjacent to an activating group) is 1. The Morgan fingerprint density at radius 1 is 1.02 bits per heavy atom. The third-order valence-electron chi connectivity index (χ3n) is 9.59. The number of sulfonamides is 1. The van der Waals surface area contributed by atoms with Crippen molar-refractivity contribution in [1.29, 1.82) is 0 Å². The lowest BCUT2D eigenvalue weighted by Gasteiger charge is -2.36. The Morgan fingerprint density at radius 3 is 2.45 bits per heavy atom. The molecule has 1 unspecified atom stereocenters. The van der Waals surface area contributed by atoms with Crippen LogP contribution in [-0.2, 0) is 30.8 Å². The largest absolute Gasteiger partial charge is 0.349 e. The summed E-state index contributed by atoms with van der Waals surface area (Å²) in [7, 11) is -1.88. The van der Waals surface area contributed by atoms with Crippen LogP contribution in [0.2, 0.25) is 0 Å². The molecule has 1 saturated carbocycles. The van der Waals surface area contributed by atoms with Gasteiger partial charge in [0.15, 0.2) is 0 Å². The summed E-state index contributed by atoms with van der Waals surface area (Å²) in [5, 5.41) is 9.16. The van der Waals surface area contributed by atoms with Gasteiger partial charge in [0.25, 0.3) is 0 Å². The van der Waals surface area contributed by atoms with Gasteiger partial charge in [-0.25, -0.2) is 8.42 Å². The first kappa shape index (κ1) is 29.0.